The average Bonchev–Trinajstić information content (AvgIpc) is 3.13. The van der Waals surface area contributed by atoms with E-state index >= 15 is 0 Å². The van der Waals surface area contributed by atoms with Crippen LogP contribution >= 0.6 is 7.60 Å². The Hall–Kier alpha value is -1.58. The number of nitrogens with two attached hydrogens (primary N) is 1. The van der Waals surface area contributed by atoms with Crippen molar-refractivity contribution in [1.82, 2.24) is 19.5 Å². The summed E-state index contributed by atoms with van der Waals surface area (Å²) in [5.74, 6) is 0.300. The van der Waals surface area contributed by atoms with Crippen LogP contribution < -0.4 is 5.73 Å². The molecule has 0 radical (unpaired) electrons. The molecule has 0 aliphatic heterocycles. The van der Waals surface area contributed by atoms with Gasteiger partial charge in [-0.2, -0.15) is 0 Å². The Morgan fingerprint density at radius 2 is 1.71 bits per heavy atom. The molecule has 3 N–H and O–H groups in total. The highest BCUT2D eigenvalue weighted by atomic mass is 31.2. The van der Waals surface area contributed by atoms with Crippen molar-refractivity contribution in [2.45, 2.75) is 131 Å². The van der Waals surface area contributed by atoms with E-state index in [1.165, 1.54) is 6.33 Å². The molecule has 2 heterocycles. The predicted molar refractivity (Wildman–Crippen MR) is 152 cm³/mol. The van der Waals surface area contributed by atoms with Crippen molar-refractivity contribution in [1.29, 1.82) is 0 Å². The van der Waals surface area contributed by atoms with Crippen molar-refractivity contribution < 1.29 is 23.5 Å². The lowest BCUT2D eigenvalue weighted by Gasteiger charge is -2.45. The Morgan fingerprint density at radius 1 is 1.05 bits per heavy atom. The summed E-state index contributed by atoms with van der Waals surface area (Å²) < 4.78 is 33.2. The molecule has 2 rings (SSSR count). The fourth-order valence-electron chi connectivity index (χ4n) is 5.58. The molecule has 0 saturated carbocycles. The summed E-state index contributed by atoms with van der Waals surface area (Å²) in [7, 11) is -4.06. The van der Waals surface area contributed by atoms with Gasteiger partial charge < -0.3 is 29.2 Å². The maximum Gasteiger partial charge on any atom is 0.354 e. The van der Waals surface area contributed by atoms with Crippen molar-refractivity contribution in [3.8, 4) is 0 Å². The standard InChI is InChI=1S/C27H50N5O5P/c1-11-13-27(10,15-24(4,5)6)36-26(9,12-2)16-25(7,8)37-38(33,34)19-35-20(3)14-32-18-31-21-22(28)29-17-30-23(21)32/h17-18,20H,11-16,19H2,1-10H3,(H,33,34)(H2,28,29,30). The van der Waals surface area contributed by atoms with E-state index in [9.17, 15) is 9.46 Å². The van der Waals surface area contributed by atoms with Crippen molar-refractivity contribution >= 4 is 24.6 Å². The van der Waals surface area contributed by atoms with E-state index in [1.807, 2.05) is 20.8 Å². The Balaban J connectivity index is 2.02. The minimum Gasteiger partial charge on any atom is -0.382 e. The Labute approximate surface area is 228 Å². The monoisotopic (exact) mass is 555 g/mol. The second-order valence-electron chi connectivity index (χ2n) is 12.9. The highest BCUT2D eigenvalue weighted by molar-refractivity contribution is 7.52. The third-order valence-electron chi connectivity index (χ3n) is 6.52. The number of ether oxygens (including phenoxy) is 2. The first kappa shape index (κ1) is 32.6. The van der Waals surface area contributed by atoms with Gasteiger partial charge >= 0.3 is 7.60 Å². The normalized spacial score (nSPS) is 18.6. The molecule has 0 fully saturated rings. The lowest BCUT2D eigenvalue weighted by atomic mass is 9.79. The number of fused-ring (bicyclic) bond motifs is 1. The number of nitrogens with zero attached hydrogens (tertiary/aromatic N) is 4. The number of nitrogen functional groups attached to an aromatic ring is 1. The zero-order chi connectivity index (χ0) is 29.0. The van der Waals surface area contributed by atoms with Crippen molar-refractivity contribution in [3.05, 3.63) is 12.7 Å². The maximum atomic E-state index is 13.1. The van der Waals surface area contributed by atoms with Crippen LogP contribution in [0.25, 0.3) is 11.2 Å². The topological polar surface area (TPSA) is 135 Å². The van der Waals surface area contributed by atoms with Gasteiger partial charge in [0.25, 0.3) is 0 Å². The van der Waals surface area contributed by atoms with Crippen molar-refractivity contribution in [2.24, 2.45) is 5.41 Å². The van der Waals surface area contributed by atoms with Crippen LogP contribution in [0.3, 0.4) is 0 Å². The maximum absolute atomic E-state index is 13.1. The predicted octanol–water partition coefficient (Wildman–Crippen LogP) is 6.32. The lowest BCUT2D eigenvalue weighted by Crippen LogP contribution is -2.46. The van der Waals surface area contributed by atoms with Crippen LogP contribution in [0, 0.1) is 5.41 Å². The Bertz CT molecular complexity index is 1100. The number of imidazole rings is 1. The van der Waals surface area contributed by atoms with Gasteiger partial charge in [0.05, 0.1) is 35.8 Å². The molecule has 2 aromatic rings. The van der Waals surface area contributed by atoms with Crippen LogP contribution in [0.4, 0.5) is 5.82 Å². The molecular weight excluding hydrogens is 505 g/mol. The van der Waals surface area contributed by atoms with Crippen LogP contribution in [0.1, 0.15) is 101 Å². The molecule has 4 unspecified atom stereocenters. The highest BCUT2D eigenvalue weighted by Crippen LogP contribution is 2.49. The number of anilines is 1. The van der Waals surface area contributed by atoms with E-state index in [0.29, 0.717) is 29.9 Å². The molecule has 0 aromatic carbocycles. The Kier molecular flexibility index (Phi) is 10.6. The van der Waals surface area contributed by atoms with Gasteiger partial charge in [-0.3, -0.25) is 4.57 Å². The van der Waals surface area contributed by atoms with Crippen molar-refractivity contribution in [2.75, 3.05) is 12.1 Å². The minimum atomic E-state index is -4.06. The number of aromatic nitrogens is 4. The molecule has 0 amide bonds. The van der Waals surface area contributed by atoms with Gasteiger partial charge in [-0.1, -0.05) is 41.0 Å². The van der Waals surface area contributed by atoms with Crippen LogP contribution in [0.5, 0.6) is 0 Å². The molecule has 2 aromatic heterocycles. The van der Waals surface area contributed by atoms with Gasteiger partial charge in [0, 0.05) is 6.42 Å². The molecule has 11 heteroatoms. The van der Waals surface area contributed by atoms with E-state index in [0.717, 1.165) is 25.7 Å². The number of rotatable bonds is 15. The lowest BCUT2D eigenvalue weighted by molar-refractivity contribution is -0.177. The quantitative estimate of drug-likeness (QED) is 0.242. The fraction of sp³-hybridized carbons (Fsp3) is 0.815. The minimum absolute atomic E-state index is 0.113. The molecule has 0 bridgehead atoms. The van der Waals surface area contributed by atoms with Gasteiger partial charge in [-0.15, -0.1) is 0 Å². The molecule has 4 atom stereocenters. The summed E-state index contributed by atoms with van der Waals surface area (Å²) in [6, 6.07) is 0. The highest BCUT2D eigenvalue weighted by Gasteiger charge is 2.42. The smallest absolute Gasteiger partial charge is 0.354 e. The summed E-state index contributed by atoms with van der Waals surface area (Å²) in [5, 5.41) is 0. The first-order valence-electron chi connectivity index (χ1n) is 13.6. The van der Waals surface area contributed by atoms with E-state index in [-0.39, 0.29) is 11.0 Å². The second-order valence-corrected chi connectivity index (χ2v) is 14.7. The summed E-state index contributed by atoms with van der Waals surface area (Å²) in [6.07, 6.45) is 6.24. The van der Waals surface area contributed by atoms with Crippen LogP contribution in [0.15, 0.2) is 12.7 Å². The van der Waals surface area contributed by atoms with E-state index in [2.05, 4.69) is 63.4 Å². The summed E-state index contributed by atoms with van der Waals surface area (Å²) in [6.45, 7) is 21.0. The average molecular weight is 556 g/mol. The van der Waals surface area contributed by atoms with E-state index in [4.69, 9.17) is 19.7 Å². The zero-order valence-corrected chi connectivity index (χ0v) is 26.0. The zero-order valence-electron chi connectivity index (χ0n) is 25.1. The van der Waals surface area contributed by atoms with Gasteiger partial charge in [0.1, 0.15) is 18.2 Å². The van der Waals surface area contributed by atoms with Gasteiger partial charge in [-0.05, 0) is 59.3 Å². The summed E-state index contributed by atoms with van der Waals surface area (Å²) in [4.78, 5) is 23.1. The molecule has 0 aliphatic rings. The van der Waals surface area contributed by atoms with Crippen LogP contribution in [0.2, 0.25) is 0 Å². The van der Waals surface area contributed by atoms with E-state index < -0.39 is 31.2 Å². The molecule has 38 heavy (non-hydrogen) atoms. The first-order valence-corrected chi connectivity index (χ1v) is 15.3. The SMILES string of the molecule is CCCC(C)(CC(C)(C)C)OC(C)(CC)CC(C)(C)OP(=O)(O)COC(C)Cn1cnc2c(N)ncnc21. The molecule has 218 valence electrons. The van der Waals surface area contributed by atoms with Gasteiger partial charge in [0.2, 0.25) is 0 Å². The van der Waals surface area contributed by atoms with Crippen molar-refractivity contribution in [3.63, 3.8) is 0 Å². The molecule has 0 aliphatic carbocycles. The molecule has 0 saturated heterocycles. The Morgan fingerprint density at radius 3 is 2.29 bits per heavy atom. The largest absolute Gasteiger partial charge is 0.382 e. The summed E-state index contributed by atoms with van der Waals surface area (Å²) in [5.41, 5.74) is 5.31. The second kappa shape index (κ2) is 12.3. The first-order chi connectivity index (χ1) is 17.3. The molecule has 10 nitrogen and oxygen atoms in total. The van der Waals surface area contributed by atoms with Gasteiger partial charge in [0.15, 0.2) is 11.5 Å². The molecule has 0 spiro atoms. The number of hydrogen-bond acceptors (Lipinski definition) is 8. The third kappa shape index (κ3) is 9.87. The third-order valence-corrected chi connectivity index (χ3v) is 7.77. The summed E-state index contributed by atoms with van der Waals surface area (Å²) >= 11 is 0. The van der Waals surface area contributed by atoms with Crippen LogP contribution in [-0.4, -0.2) is 53.7 Å². The van der Waals surface area contributed by atoms with Crippen LogP contribution in [-0.2, 0) is 25.1 Å². The fourth-order valence-corrected chi connectivity index (χ4v) is 6.92. The van der Waals surface area contributed by atoms with Gasteiger partial charge in [-0.25, -0.2) is 15.0 Å². The van der Waals surface area contributed by atoms with E-state index in [1.54, 1.807) is 10.9 Å². The molecular formula is C27H50N5O5P. The number of hydrogen-bond donors (Lipinski definition) is 2.